The smallest absolute Gasteiger partial charge is 0.214 e. The fourth-order valence-corrected chi connectivity index (χ4v) is 3.00. The van der Waals surface area contributed by atoms with Gasteiger partial charge in [0, 0.05) is 12.6 Å². The van der Waals surface area contributed by atoms with E-state index in [9.17, 15) is 0 Å². The Kier molecular flexibility index (Phi) is 7.56. The van der Waals surface area contributed by atoms with Gasteiger partial charge in [0.05, 0.1) is 19.3 Å². The monoisotopic (exact) mass is 520 g/mol. The number of para-hydroxylation sites is 2. The number of oxazole rings is 1. The van der Waals surface area contributed by atoms with Crippen LogP contribution < -0.4 is 20.1 Å². The Labute approximate surface area is 192 Å². The molecule has 0 saturated carbocycles. The lowest BCUT2D eigenvalue weighted by Gasteiger charge is -2.27. The van der Waals surface area contributed by atoms with Gasteiger partial charge in [0.2, 0.25) is 5.89 Å². The summed E-state index contributed by atoms with van der Waals surface area (Å²) in [6.45, 7) is 3.53. The van der Waals surface area contributed by atoms with Crippen molar-refractivity contribution in [2.75, 3.05) is 20.2 Å². The Morgan fingerprint density at radius 2 is 1.87 bits per heavy atom. The highest BCUT2D eigenvalue weighted by atomic mass is 127. The maximum Gasteiger partial charge on any atom is 0.214 e. The molecule has 0 aliphatic carbocycles. The van der Waals surface area contributed by atoms with Gasteiger partial charge in [0.25, 0.3) is 0 Å². The number of aliphatic imine (C=N–C) groups is 1. The van der Waals surface area contributed by atoms with Crippen molar-refractivity contribution in [3.05, 3.63) is 66.2 Å². The van der Waals surface area contributed by atoms with Crippen molar-refractivity contribution in [3.63, 3.8) is 0 Å². The molecule has 0 bridgehead atoms. The SMILES string of the molecule is CN=C(NCc1ncc(-c2ccc(C)cc2)o1)NCC1COc2ccccc2O1.I. The number of nitrogens with zero attached hydrogens (tertiary/aromatic N) is 2. The van der Waals surface area contributed by atoms with Crippen LogP contribution in [0.15, 0.2) is 64.1 Å². The number of fused-ring (bicyclic) bond motifs is 1. The molecule has 158 valence electrons. The molecule has 1 aliphatic rings. The molecule has 1 aromatic heterocycles. The van der Waals surface area contributed by atoms with Gasteiger partial charge in [-0.3, -0.25) is 4.99 Å². The van der Waals surface area contributed by atoms with Gasteiger partial charge in [-0.1, -0.05) is 42.0 Å². The van der Waals surface area contributed by atoms with Crippen molar-refractivity contribution < 1.29 is 13.9 Å². The average molecular weight is 520 g/mol. The third kappa shape index (κ3) is 5.44. The Morgan fingerprint density at radius 3 is 2.63 bits per heavy atom. The van der Waals surface area contributed by atoms with E-state index in [-0.39, 0.29) is 30.1 Å². The molecule has 0 spiro atoms. The second-order valence-corrected chi connectivity index (χ2v) is 6.79. The highest BCUT2D eigenvalue weighted by Crippen LogP contribution is 2.30. The summed E-state index contributed by atoms with van der Waals surface area (Å²) in [5.41, 5.74) is 2.22. The lowest BCUT2D eigenvalue weighted by molar-refractivity contribution is 0.0936. The predicted octanol–water partition coefficient (Wildman–Crippen LogP) is 3.77. The van der Waals surface area contributed by atoms with Crippen LogP contribution in [0, 0.1) is 6.92 Å². The molecule has 0 fully saturated rings. The number of hydrogen-bond acceptors (Lipinski definition) is 5. The zero-order valence-corrected chi connectivity index (χ0v) is 19.3. The first-order valence-corrected chi connectivity index (χ1v) is 9.56. The Morgan fingerprint density at radius 1 is 1.10 bits per heavy atom. The lowest BCUT2D eigenvalue weighted by atomic mass is 10.1. The lowest BCUT2D eigenvalue weighted by Crippen LogP contribution is -2.45. The number of aromatic nitrogens is 1. The zero-order chi connectivity index (χ0) is 20.1. The first kappa shape index (κ1) is 21.9. The molecule has 2 aromatic carbocycles. The van der Waals surface area contributed by atoms with E-state index in [0.29, 0.717) is 31.5 Å². The quantitative estimate of drug-likeness (QED) is 0.303. The standard InChI is InChI=1S/C22H24N4O3.HI/c1-15-7-9-16(10-8-15)20-12-24-21(29-20)13-26-22(23-2)25-11-17-14-27-18-5-3-4-6-19(18)28-17;/h3-10,12,17H,11,13-14H2,1-2H3,(H2,23,25,26);1H. The summed E-state index contributed by atoms with van der Waals surface area (Å²) in [5, 5.41) is 6.45. The van der Waals surface area contributed by atoms with Crippen LogP contribution in [-0.4, -0.2) is 37.2 Å². The van der Waals surface area contributed by atoms with E-state index >= 15 is 0 Å². The molecular formula is C22H25IN4O3. The van der Waals surface area contributed by atoms with Gasteiger partial charge in [0.1, 0.15) is 12.7 Å². The minimum atomic E-state index is -0.0988. The van der Waals surface area contributed by atoms with Gasteiger partial charge in [-0.25, -0.2) is 4.98 Å². The van der Waals surface area contributed by atoms with Gasteiger partial charge in [0.15, 0.2) is 23.2 Å². The molecule has 1 unspecified atom stereocenters. The molecule has 30 heavy (non-hydrogen) atoms. The van der Waals surface area contributed by atoms with Crippen molar-refractivity contribution >= 4 is 29.9 Å². The van der Waals surface area contributed by atoms with Crippen LogP contribution in [-0.2, 0) is 6.54 Å². The average Bonchev–Trinajstić information content (AvgIpc) is 3.23. The van der Waals surface area contributed by atoms with Gasteiger partial charge < -0.3 is 24.5 Å². The molecule has 0 saturated heterocycles. The van der Waals surface area contributed by atoms with Crippen LogP contribution in [0.2, 0.25) is 0 Å². The van der Waals surface area contributed by atoms with Crippen LogP contribution in [0.3, 0.4) is 0 Å². The molecule has 1 aliphatic heterocycles. The van der Waals surface area contributed by atoms with E-state index < -0.39 is 0 Å². The van der Waals surface area contributed by atoms with Gasteiger partial charge >= 0.3 is 0 Å². The summed E-state index contributed by atoms with van der Waals surface area (Å²) in [4.78, 5) is 8.57. The highest BCUT2D eigenvalue weighted by Gasteiger charge is 2.20. The number of guanidine groups is 1. The topological polar surface area (TPSA) is 80.9 Å². The normalized spacial score (nSPS) is 15.3. The summed E-state index contributed by atoms with van der Waals surface area (Å²) < 4.78 is 17.5. The second kappa shape index (κ2) is 10.3. The fourth-order valence-electron chi connectivity index (χ4n) is 3.00. The largest absolute Gasteiger partial charge is 0.486 e. The minimum absolute atomic E-state index is 0. The minimum Gasteiger partial charge on any atom is -0.486 e. The first-order valence-electron chi connectivity index (χ1n) is 9.56. The fraction of sp³-hybridized carbons (Fsp3) is 0.273. The maximum absolute atomic E-state index is 5.95. The summed E-state index contributed by atoms with van der Waals surface area (Å²) in [6, 6.07) is 15.8. The summed E-state index contributed by atoms with van der Waals surface area (Å²) in [7, 11) is 1.72. The van der Waals surface area contributed by atoms with E-state index in [0.717, 1.165) is 22.8 Å². The molecule has 3 aromatic rings. The van der Waals surface area contributed by atoms with Gasteiger partial charge in [-0.2, -0.15) is 0 Å². The molecule has 0 amide bonds. The van der Waals surface area contributed by atoms with Crippen molar-refractivity contribution in [1.82, 2.24) is 15.6 Å². The maximum atomic E-state index is 5.95. The van der Waals surface area contributed by atoms with Crippen molar-refractivity contribution in [2.45, 2.75) is 19.6 Å². The second-order valence-electron chi connectivity index (χ2n) is 6.79. The van der Waals surface area contributed by atoms with Crippen LogP contribution >= 0.6 is 24.0 Å². The summed E-state index contributed by atoms with van der Waals surface area (Å²) in [6.07, 6.45) is 1.64. The van der Waals surface area contributed by atoms with E-state index in [1.807, 2.05) is 36.4 Å². The molecular weight excluding hydrogens is 495 g/mol. The Balaban J connectivity index is 0.00000256. The molecule has 4 rings (SSSR count). The number of halogens is 1. The Bertz CT molecular complexity index is 988. The molecule has 1 atom stereocenters. The summed E-state index contributed by atoms with van der Waals surface area (Å²) >= 11 is 0. The molecule has 0 radical (unpaired) electrons. The molecule has 2 heterocycles. The number of ether oxygens (including phenoxy) is 2. The Hall–Kier alpha value is -2.75. The number of nitrogens with one attached hydrogen (secondary N) is 2. The van der Waals surface area contributed by atoms with E-state index in [2.05, 4.69) is 39.7 Å². The number of rotatable bonds is 5. The van der Waals surface area contributed by atoms with Crippen molar-refractivity contribution in [3.8, 4) is 22.8 Å². The van der Waals surface area contributed by atoms with E-state index in [1.54, 1.807) is 13.2 Å². The number of benzene rings is 2. The number of aryl methyl sites for hydroxylation is 1. The van der Waals surface area contributed by atoms with E-state index in [4.69, 9.17) is 13.9 Å². The summed E-state index contributed by atoms with van der Waals surface area (Å²) in [5.74, 6) is 3.52. The van der Waals surface area contributed by atoms with Crippen molar-refractivity contribution in [2.24, 2.45) is 4.99 Å². The third-order valence-corrected chi connectivity index (χ3v) is 4.59. The van der Waals surface area contributed by atoms with Crippen molar-refractivity contribution in [1.29, 1.82) is 0 Å². The van der Waals surface area contributed by atoms with Crippen LogP contribution in [0.1, 0.15) is 11.5 Å². The third-order valence-electron chi connectivity index (χ3n) is 4.59. The molecule has 2 N–H and O–H groups in total. The highest BCUT2D eigenvalue weighted by molar-refractivity contribution is 14.0. The van der Waals surface area contributed by atoms with Crippen LogP contribution in [0.25, 0.3) is 11.3 Å². The van der Waals surface area contributed by atoms with Gasteiger partial charge in [-0.05, 0) is 19.1 Å². The predicted molar refractivity (Wildman–Crippen MR) is 127 cm³/mol. The van der Waals surface area contributed by atoms with Gasteiger partial charge in [-0.15, -0.1) is 24.0 Å². The molecule has 7 nitrogen and oxygen atoms in total. The first-order chi connectivity index (χ1) is 14.2. The van der Waals surface area contributed by atoms with Crippen LogP contribution in [0.5, 0.6) is 11.5 Å². The van der Waals surface area contributed by atoms with Crippen LogP contribution in [0.4, 0.5) is 0 Å². The van der Waals surface area contributed by atoms with E-state index in [1.165, 1.54) is 5.56 Å². The number of hydrogen-bond donors (Lipinski definition) is 2. The molecule has 8 heteroatoms. The zero-order valence-electron chi connectivity index (χ0n) is 16.9.